The summed E-state index contributed by atoms with van der Waals surface area (Å²) >= 11 is 1.32. The van der Waals surface area contributed by atoms with E-state index in [1.54, 1.807) is 43.7 Å². The molecule has 3 heterocycles. The normalized spacial score (nSPS) is 10.8. The van der Waals surface area contributed by atoms with Gasteiger partial charge in [-0.1, -0.05) is 0 Å². The van der Waals surface area contributed by atoms with Gasteiger partial charge in [-0.15, -0.1) is 11.3 Å². The van der Waals surface area contributed by atoms with Gasteiger partial charge in [-0.2, -0.15) is 0 Å². The van der Waals surface area contributed by atoms with Crippen molar-refractivity contribution < 1.29 is 19.1 Å². The van der Waals surface area contributed by atoms with E-state index < -0.39 is 5.91 Å². The molecule has 0 fully saturated rings. The fourth-order valence-electron chi connectivity index (χ4n) is 3.41. The third kappa shape index (κ3) is 4.47. The Morgan fingerprint density at radius 1 is 1.15 bits per heavy atom. The molecule has 4 N–H and O–H groups in total. The number of benzene rings is 1. The number of pyridine rings is 1. The minimum Gasteiger partial charge on any atom is -0.375 e. The Hall–Kier alpha value is -4.02. The maximum atomic E-state index is 12.9. The lowest BCUT2D eigenvalue weighted by molar-refractivity contribution is -0.121. The number of nitrogens with one attached hydrogen (secondary N) is 2. The number of carbonyl (C=O) groups excluding carboxylic acids is 3. The fraction of sp³-hybridized carbons (Fsp3) is 0.130. The quantitative estimate of drug-likeness (QED) is 0.387. The Labute approximate surface area is 193 Å². The Bertz CT molecular complexity index is 1350. The van der Waals surface area contributed by atoms with Crippen LogP contribution in [0.3, 0.4) is 0 Å². The number of nitrogens with two attached hydrogens (primary N) is 1. The number of H-pyrrole nitrogens is 1. The van der Waals surface area contributed by atoms with E-state index in [1.165, 1.54) is 23.3 Å². The molecule has 0 radical (unpaired) electrons. The van der Waals surface area contributed by atoms with E-state index >= 15 is 0 Å². The number of aromatic amines is 1. The van der Waals surface area contributed by atoms with Crippen molar-refractivity contribution in [1.29, 1.82) is 0 Å². The van der Waals surface area contributed by atoms with Crippen LogP contribution >= 0.6 is 11.3 Å². The number of hydrogen-bond donors (Lipinski definition) is 3. The summed E-state index contributed by atoms with van der Waals surface area (Å²) in [6, 6.07) is 12.4. The largest absolute Gasteiger partial charge is 0.375 e. The summed E-state index contributed by atoms with van der Waals surface area (Å²) in [6.45, 7) is -0.0601. The van der Waals surface area contributed by atoms with Crippen LogP contribution in [0.5, 0.6) is 0 Å². The van der Waals surface area contributed by atoms with E-state index in [-0.39, 0.29) is 29.8 Å². The van der Waals surface area contributed by atoms with Crippen molar-refractivity contribution in [3.05, 3.63) is 65.3 Å². The summed E-state index contributed by atoms with van der Waals surface area (Å²) in [5.74, 6) is -1.09. The van der Waals surface area contributed by atoms with Gasteiger partial charge < -0.3 is 25.7 Å². The van der Waals surface area contributed by atoms with Crippen molar-refractivity contribution in [1.82, 2.24) is 9.97 Å². The minimum atomic E-state index is -0.684. The molecule has 0 aliphatic heterocycles. The van der Waals surface area contributed by atoms with Gasteiger partial charge >= 0.3 is 0 Å². The molecule has 0 unspecified atom stereocenters. The number of nitrogens with zero attached hydrogens (tertiary/aromatic N) is 2. The van der Waals surface area contributed by atoms with E-state index in [0.29, 0.717) is 21.5 Å². The van der Waals surface area contributed by atoms with Crippen molar-refractivity contribution in [2.45, 2.75) is 0 Å². The average Bonchev–Trinajstić information content (AvgIpc) is 3.43. The zero-order chi connectivity index (χ0) is 23.5. The van der Waals surface area contributed by atoms with E-state index in [4.69, 9.17) is 10.5 Å². The van der Waals surface area contributed by atoms with Gasteiger partial charge in [0, 0.05) is 48.0 Å². The van der Waals surface area contributed by atoms with E-state index in [0.717, 1.165) is 10.4 Å². The van der Waals surface area contributed by atoms with Crippen LogP contribution in [0.1, 0.15) is 20.0 Å². The van der Waals surface area contributed by atoms with Crippen molar-refractivity contribution in [3.63, 3.8) is 0 Å². The number of ether oxygens (including phenoxy) is 1. The highest BCUT2D eigenvalue weighted by molar-refractivity contribution is 7.17. The number of likely N-dealkylation sites (N-methyl/N-ethyl adjacent to an activating group) is 1. The molecule has 0 aliphatic rings. The molecule has 10 heteroatoms. The third-order valence-corrected chi connectivity index (χ3v) is 6.22. The van der Waals surface area contributed by atoms with Gasteiger partial charge in [0.25, 0.3) is 17.7 Å². The first-order valence-corrected chi connectivity index (χ1v) is 10.7. The molecule has 0 bridgehead atoms. The number of primary amides is 1. The average molecular weight is 464 g/mol. The number of thiophene rings is 1. The standard InChI is InChI=1S/C23H21N5O4S/c1-28(19(29)12-32-2)14-3-4-15-16(11-14)26-22(20(15)21(24)30)27-23(31)18-6-5-17(33-18)13-7-9-25-10-8-13/h3-11,26H,12H2,1-2H3,(H2,24,30)(H,27,31). The highest BCUT2D eigenvalue weighted by Gasteiger charge is 2.21. The van der Waals surface area contributed by atoms with E-state index in [1.807, 2.05) is 18.2 Å². The summed E-state index contributed by atoms with van der Waals surface area (Å²) in [6.07, 6.45) is 3.37. The predicted octanol–water partition coefficient (Wildman–Crippen LogP) is 3.25. The zero-order valence-corrected chi connectivity index (χ0v) is 18.7. The van der Waals surface area contributed by atoms with Crippen molar-refractivity contribution in [2.75, 3.05) is 31.0 Å². The molecular weight excluding hydrogens is 442 g/mol. The van der Waals surface area contributed by atoms with Crippen LogP contribution in [0.15, 0.2) is 54.9 Å². The second-order valence-electron chi connectivity index (χ2n) is 7.21. The van der Waals surface area contributed by atoms with Crippen LogP contribution in [0.4, 0.5) is 11.5 Å². The molecule has 0 saturated carbocycles. The SMILES string of the molecule is COCC(=O)N(C)c1ccc2c(C(N)=O)c(NC(=O)c3ccc(-c4ccncc4)s3)[nH]c2c1. The number of rotatable bonds is 7. The molecule has 33 heavy (non-hydrogen) atoms. The topological polar surface area (TPSA) is 130 Å². The summed E-state index contributed by atoms with van der Waals surface area (Å²) in [7, 11) is 3.07. The first-order chi connectivity index (χ1) is 15.9. The van der Waals surface area contributed by atoms with Crippen LogP contribution in [-0.4, -0.2) is 48.5 Å². The summed E-state index contributed by atoms with van der Waals surface area (Å²) < 4.78 is 4.89. The molecule has 9 nitrogen and oxygen atoms in total. The predicted molar refractivity (Wildman–Crippen MR) is 128 cm³/mol. The number of fused-ring (bicyclic) bond motifs is 1. The summed E-state index contributed by atoms with van der Waals surface area (Å²) in [5.41, 5.74) is 7.88. The second-order valence-corrected chi connectivity index (χ2v) is 8.29. The van der Waals surface area contributed by atoms with Crippen molar-refractivity contribution in [3.8, 4) is 10.4 Å². The molecule has 3 aromatic heterocycles. The highest BCUT2D eigenvalue weighted by atomic mass is 32.1. The van der Waals surface area contributed by atoms with Crippen LogP contribution in [0, 0.1) is 0 Å². The van der Waals surface area contributed by atoms with Crippen molar-refractivity contribution >= 4 is 51.5 Å². The lowest BCUT2D eigenvalue weighted by Gasteiger charge is -2.16. The Balaban J connectivity index is 1.64. The fourth-order valence-corrected chi connectivity index (χ4v) is 4.32. The molecule has 3 amide bonds. The van der Waals surface area contributed by atoms with Gasteiger partial charge in [0.05, 0.1) is 10.4 Å². The molecule has 4 rings (SSSR count). The molecule has 0 atom stereocenters. The summed E-state index contributed by atoms with van der Waals surface area (Å²) in [4.78, 5) is 47.1. The van der Waals surface area contributed by atoms with Gasteiger partial charge in [0.1, 0.15) is 12.4 Å². The second kappa shape index (κ2) is 9.23. The molecule has 0 spiro atoms. The zero-order valence-electron chi connectivity index (χ0n) is 17.9. The van der Waals surface area contributed by atoms with Crippen LogP contribution < -0.4 is 16.0 Å². The van der Waals surface area contributed by atoms with Crippen LogP contribution in [-0.2, 0) is 9.53 Å². The van der Waals surface area contributed by atoms with E-state index in [2.05, 4.69) is 15.3 Å². The minimum absolute atomic E-state index is 0.0601. The van der Waals surface area contributed by atoms with Gasteiger partial charge in [-0.3, -0.25) is 19.4 Å². The maximum absolute atomic E-state index is 12.9. The Kier molecular flexibility index (Phi) is 6.20. The Morgan fingerprint density at radius 3 is 2.61 bits per heavy atom. The van der Waals surface area contributed by atoms with E-state index in [9.17, 15) is 14.4 Å². The molecule has 4 aromatic rings. The highest BCUT2D eigenvalue weighted by Crippen LogP contribution is 2.31. The number of aromatic nitrogens is 2. The number of anilines is 2. The number of carbonyl (C=O) groups is 3. The van der Waals surface area contributed by atoms with Gasteiger partial charge in [0.2, 0.25) is 0 Å². The van der Waals surface area contributed by atoms with Crippen LogP contribution in [0.25, 0.3) is 21.3 Å². The number of amides is 3. The maximum Gasteiger partial charge on any atom is 0.266 e. The van der Waals surface area contributed by atoms with Crippen LogP contribution in [0.2, 0.25) is 0 Å². The van der Waals surface area contributed by atoms with Gasteiger partial charge in [-0.05, 0) is 48.0 Å². The van der Waals surface area contributed by atoms with Gasteiger partial charge in [0.15, 0.2) is 0 Å². The molecular formula is C23H21N5O4S. The molecule has 0 aliphatic carbocycles. The lowest BCUT2D eigenvalue weighted by atomic mass is 10.1. The molecule has 0 saturated heterocycles. The number of hydrogen-bond acceptors (Lipinski definition) is 6. The smallest absolute Gasteiger partial charge is 0.266 e. The monoisotopic (exact) mass is 463 g/mol. The van der Waals surface area contributed by atoms with Gasteiger partial charge in [-0.25, -0.2) is 0 Å². The first kappa shape index (κ1) is 22.2. The lowest BCUT2D eigenvalue weighted by Crippen LogP contribution is -2.29. The van der Waals surface area contributed by atoms with Crippen molar-refractivity contribution in [2.24, 2.45) is 5.73 Å². The third-order valence-electron chi connectivity index (χ3n) is 5.09. The molecule has 1 aromatic carbocycles. The Morgan fingerprint density at radius 2 is 1.91 bits per heavy atom. The molecule has 168 valence electrons. The number of methoxy groups -OCH3 is 1. The summed E-state index contributed by atoms with van der Waals surface area (Å²) in [5, 5.41) is 3.30. The first-order valence-electron chi connectivity index (χ1n) is 9.91.